The van der Waals surface area contributed by atoms with Crippen molar-refractivity contribution in [1.29, 1.82) is 0 Å². The van der Waals surface area contributed by atoms with Crippen molar-refractivity contribution in [2.45, 2.75) is 31.6 Å². The zero-order chi connectivity index (χ0) is 21.6. The smallest absolute Gasteiger partial charge is 0.333 e. The maximum Gasteiger partial charge on any atom is 0.333 e. The van der Waals surface area contributed by atoms with Crippen molar-refractivity contribution in [2.24, 2.45) is 0 Å². The Morgan fingerprint density at radius 1 is 1.28 bits per heavy atom. The molecule has 1 saturated heterocycles. The van der Waals surface area contributed by atoms with Gasteiger partial charge in [0.15, 0.2) is 0 Å². The van der Waals surface area contributed by atoms with E-state index >= 15 is 0 Å². The molecular formula is C20H22BrNO7. The first-order valence-electron chi connectivity index (χ1n) is 8.66. The van der Waals surface area contributed by atoms with E-state index in [-0.39, 0.29) is 12.3 Å². The van der Waals surface area contributed by atoms with Gasteiger partial charge in [-0.05, 0) is 28.7 Å². The molecule has 1 aliphatic rings. The number of nitrogens with zero attached hydrogens (tertiary/aromatic N) is 1. The molecule has 1 aromatic carbocycles. The van der Waals surface area contributed by atoms with Gasteiger partial charge in [-0.25, -0.2) is 4.79 Å². The molecule has 9 heteroatoms. The van der Waals surface area contributed by atoms with Gasteiger partial charge in [0, 0.05) is 19.0 Å². The summed E-state index contributed by atoms with van der Waals surface area (Å²) in [5.41, 5.74) is 0.593. The van der Waals surface area contributed by atoms with Gasteiger partial charge in [0.2, 0.25) is 6.10 Å². The molecule has 2 rings (SSSR count). The van der Waals surface area contributed by atoms with Crippen LogP contribution in [0.15, 0.2) is 47.7 Å². The van der Waals surface area contributed by atoms with E-state index in [1.54, 1.807) is 31.4 Å². The lowest BCUT2D eigenvalue weighted by Gasteiger charge is -2.48. The van der Waals surface area contributed by atoms with Crippen molar-refractivity contribution in [1.82, 2.24) is 0 Å². The van der Waals surface area contributed by atoms with Crippen LogP contribution in [0.5, 0.6) is 5.75 Å². The Kier molecular flexibility index (Phi) is 7.83. The normalized spacial score (nSPS) is 19.3. The van der Waals surface area contributed by atoms with Crippen molar-refractivity contribution in [2.75, 3.05) is 19.1 Å². The average Bonchev–Trinajstić information content (AvgIpc) is 2.67. The minimum Gasteiger partial charge on any atom is -0.497 e. The molecule has 29 heavy (non-hydrogen) atoms. The Bertz CT molecular complexity index is 790. The van der Waals surface area contributed by atoms with Crippen LogP contribution in [0.3, 0.4) is 0 Å². The molecule has 0 aromatic heterocycles. The zero-order valence-electron chi connectivity index (χ0n) is 16.3. The van der Waals surface area contributed by atoms with E-state index in [1.165, 1.54) is 18.9 Å². The molecule has 3 atom stereocenters. The summed E-state index contributed by atoms with van der Waals surface area (Å²) in [5, 5.41) is 0. The summed E-state index contributed by atoms with van der Waals surface area (Å²) in [6.45, 7) is 5.08. The maximum absolute atomic E-state index is 12.8. The minimum atomic E-state index is -0.950. The second-order valence-corrected chi connectivity index (χ2v) is 7.27. The summed E-state index contributed by atoms with van der Waals surface area (Å²) in [5.74, 6) is -0.822. The van der Waals surface area contributed by atoms with Crippen LogP contribution < -0.4 is 9.64 Å². The number of hydrogen-bond acceptors (Lipinski definition) is 7. The number of halogens is 1. The Morgan fingerprint density at radius 3 is 2.45 bits per heavy atom. The van der Waals surface area contributed by atoms with E-state index in [9.17, 15) is 14.4 Å². The predicted octanol–water partition coefficient (Wildman–Crippen LogP) is 2.71. The molecule has 8 nitrogen and oxygen atoms in total. The second kappa shape index (κ2) is 10.1. The lowest BCUT2D eigenvalue weighted by atomic mass is 9.89. The third kappa shape index (κ3) is 5.60. The van der Waals surface area contributed by atoms with Gasteiger partial charge >= 0.3 is 11.9 Å². The zero-order valence-corrected chi connectivity index (χ0v) is 17.9. The van der Waals surface area contributed by atoms with Crippen LogP contribution in [-0.4, -0.2) is 50.3 Å². The SMILES string of the molecule is C=C(Br)C[C@@H](OC(C)=O)[C@H]1[C@@H](O/C=C/C(=O)OC)C(=O)N1c1ccc(OC)cc1. The number of β-lactam (4-membered cyclic amide) rings is 1. The van der Waals surface area contributed by atoms with E-state index in [2.05, 4.69) is 27.2 Å². The number of hydrogen-bond donors (Lipinski definition) is 0. The first kappa shape index (κ1) is 22.5. The quantitative estimate of drug-likeness (QED) is 0.238. The molecular weight excluding hydrogens is 446 g/mol. The van der Waals surface area contributed by atoms with Crippen LogP contribution in [0.4, 0.5) is 5.69 Å². The molecule has 1 amide bonds. The van der Waals surface area contributed by atoms with Crippen LogP contribution in [-0.2, 0) is 28.6 Å². The van der Waals surface area contributed by atoms with Crippen molar-refractivity contribution in [3.8, 4) is 5.75 Å². The van der Waals surface area contributed by atoms with Gasteiger partial charge in [-0.1, -0.05) is 22.5 Å². The molecule has 0 unspecified atom stereocenters. The molecule has 0 N–H and O–H groups in total. The van der Waals surface area contributed by atoms with Crippen molar-refractivity contribution < 1.29 is 33.3 Å². The van der Waals surface area contributed by atoms with E-state index < -0.39 is 30.2 Å². The van der Waals surface area contributed by atoms with E-state index in [4.69, 9.17) is 14.2 Å². The van der Waals surface area contributed by atoms with Crippen LogP contribution in [0.1, 0.15) is 13.3 Å². The Balaban J connectivity index is 2.33. The number of benzene rings is 1. The van der Waals surface area contributed by atoms with E-state index in [1.807, 2.05) is 0 Å². The third-order valence-corrected chi connectivity index (χ3v) is 4.51. The second-order valence-electron chi connectivity index (χ2n) is 6.15. The number of rotatable bonds is 9. The van der Waals surface area contributed by atoms with Gasteiger partial charge in [-0.2, -0.15) is 0 Å². The molecule has 0 spiro atoms. The van der Waals surface area contributed by atoms with Gasteiger partial charge in [-0.3, -0.25) is 14.5 Å². The number of amides is 1. The van der Waals surface area contributed by atoms with Gasteiger partial charge in [0.25, 0.3) is 5.91 Å². The summed E-state index contributed by atoms with van der Waals surface area (Å²) < 4.78 is 21.2. The number of carbonyl (C=O) groups excluding carboxylic acids is 3. The van der Waals surface area contributed by atoms with Crippen LogP contribution in [0.25, 0.3) is 0 Å². The molecule has 1 heterocycles. The average molecular weight is 468 g/mol. The summed E-state index contributed by atoms with van der Waals surface area (Å²) in [6.07, 6.45) is 0.764. The standard InChI is InChI=1S/C20H22BrNO7/c1-12(21)11-16(29-13(2)23)18-19(28-10-9-17(24)27-4)20(25)22(18)14-5-7-15(26-3)8-6-14/h5-10,16,18-19H,1,11H2,2-4H3/b10-9+/t16-,18+,19-/m1/s1. The lowest BCUT2D eigenvalue weighted by molar-refractivity contribution is -0.157. The number of anilines is 1. The number of carbonyl (C=O) groups is 3. The molecule has 1 aliphatic heterocycles. The third-order valence-electron chi connectivity index (χ3n) is 4.19. The molecule has 0 aliphatic carbocycles. The lowest BCUT2D eigenvalue weighted by Crippen LogP contribution is -2.70. The molecule has 156 valence electrons. The highest BCUT2D eigenvalue weighted by atomic mass is 79.9. The fourth-order valence-electron chi connectivity index (χ4n) is 2.94. The first-order chi connectivity index (χ1) is 13.8. The fraction of sp³-hybridized carbons (Fsp3) is 0.350. The van der Waals surface area contributed by atoms with Gasteiger partial charge in [0.1, 0.15) is 17.9 Å². The van der Waals surface area contributed by atoms with E-state index in [0.29, 0.717) is 15.9 Å². The molecule has 1 aromatic rings. The van der Waals surface area contributed by atoms with Crippen LogP contribution >= 0.6 is 15.9 Å². The fourth-order valence-corrected chi connectivity index (χ4v) is 3.26. The molecule has 0 bridgehead atoms. The summed E-state index contributed by atoms with van der Waals surface area (Å²) >= 11 is 3.28. The monoisotopic (exact) mass is 467 g/mol. The highest BCUT2D eigenvalue weighted by Gasteiger charge is 2.54. The van der Waals surface area contributed by atoms with Gasteiger partial charge < -0.3 is 18.9 Å². The minimum absolute atomic E-state index is 0.269. The highest BCUT2D eigenvalue weighted by molar-refractivity contribution is 9.11. The number of methoxy groups -OCH3 is 2. The van der Waals surface area contributed by atoms with Crippen LogP contribution in [0, 0.1) is 0 Å². The Hall–Kier alpha value is -2.81. The number of esters is 2. The predicted molar refractivity (Wildman–Crippen MR) is 109 cm³/mol. The largest absolute Gasteiger partial charge is 0.497 e. The first-order valence-corrected chi connectivity index (χ1v) is 9.45. The number of ether oxygens (including phenoxy) is 4. The maximum atomic E-state index is 12.8. The van der Waals surface area contributed by atoms with Crippen molar-refractivity contribution >= 4 is 39.5 Å². The van der Waals surface area contributed by atoms with Crippen LogP contribution in [0.2, 0.25) is 0 Å². The summed E-state index contributed by atoms with van der Waals surface area (Å²) in [4.78, 5) is 37.2. The molecule has 1 fully saturated rings. The van der Waals surface area contributed by atoms with Gasteiger partial charge in [-0.15, -0.1) is 0 Å². The summed E-state index contributed by atoms with van der Waals surface area (Å²) in [7, 11) is 2.77. The van der Waals surface area contributed by atoms with Gasteiger partial charge in [0.05, 0.1) is 26.6 Å². The van der Waals surface area contributed by atoms with Crippen molar-refractivity contribution in [3.05, 3.63) is 47.7 Å². The molecule has 0 saturated carbocycles. The topological polar surface area (TPSA) is 91.4 Å². The Morgan fingerprint density at radius 2 is 1.93 bits per heavy atom. The Labute approximate surface area is 177 Å². The van der Waals surface area contributed by atoms with Crippen molar-refractivity contribution in [3.63, 3.8) is 0 Å². The van der Waals surface area contributed by atoms with E-state index in [0.717, 1.165) is 12.3 Å². The highest BCUT2D eigenvalue weighted by Crippen LogP contribution is 2.36. The molecule has 0 radical (unpaired) electrons. The summed E-state index contributed by atoms with van der Waals surface area (Å²) in [6, 6.07) is 6.25.